The van der Waals surface area contributed by atoms with E-state index in [0.717, 1.165) is 0 Å². The fourth-order valence-corrected chi connectivity index (χ4v) is 2.77. The largest absolute Gasteiger partial charge is 0.480 e. The van der Waals surface area contributed by atoms with E-state index in [1.165, 1.54) is 4.90 Å². The molecule has 1 heterocycles. The van der Waals surface area contributed by atoms with Gasteiger partial charge in [-0.1, -0.05) is 30.7 Å². The fourth-order valence-electron chi connectivity index (χ4n) is 2.59. The minimum Gasteiger partial charge on any atom is -0.480 e. The van der Waals surface area contributed by atoms with E-state index in [2.05, 4.69) is 0 Å². The SMILES string of the molecule is CC(Oc1ccccc1Cl)C(=O)N1CCC(C)C1C(=O)O. The highest BCUT2D eigenvalue weighted by atomic mass is 35.5. The van der Waals surface area contributed by atoms with E-state index in [1.54, 1.807) is 31.2 Å². The molecule has 21 heavy (non-hydrogen) atoms. The second kappa shape index (κ2) is 6.35. The van der Waals surface area contributed by atoms with Gasteiger partial charge in [-0.3, -0.25) is 4.79 Å². The highest BCUT2D eigenvalue weighted by Gasteiger charge is 2.41. The van der Waals surface area contributed by atoms with Crippen molar-refractivity contribution in [3.63, 3.8) is 0 Å². The van der Waals surface area contributed by atoms with Crippen LogP contribution >= 0.6 is 11.6 Å². The molecule has 3 unspecified atom stereocenters. The predicted octanol–water partition coefficient (Wildman–Crippen LogP) is 2.43. The summed E-state index contributed by atoms with van der Waals surface area (Å²) >= 11 is 5.99. The molecule has 114 valence electrons. The maximum atomic E-state index is 12.4. The van der Waals surface area contributed by atoms with Gasteiger partial charge in [0.1, 0.15) is 11.8 Å². The van der Waals surface area contributed by atoms with Crippen LogP contribution in [-0.4, -0.2) is 40.6 Å². The molecule has 1 aliphatic heterocycles. The second-order valence-corrected chi connectivity index (χ2v) is 5.68. The number of carboxylic acids is 1. The maximum Gasteiger partial charge on any atom is 0.326 e. The summed E-state index contributed by atoms with van der Waals surface area (Å²) in [7, 11) is 0. The molecule has 0 bridgehead atoms. The molecule has 2 rings (SSSR count). The normalized spacial score (nSPS) is 22.9. The molecule has 0 aliphatic carbocycles. The Balaban J connectivity index is 2.09. The number of rotatable bonds is 4. The van der Waals surface area contributed by atoms with E-state index in [4.69, 9.17) is 16.3 Å². The van der Waals surface area contributed by atoms with Gasteiger partial charge >= 0.3 is 5.97 Å². The van der Waals surface area contributed by atoms with Crippen molar-refractivity contribution in [1.82, 2.24) is 4.90 Å². The first-order chi connectivity index (χ1) is 9.91. The zero-order valence-corrected chi connectivity index (χ0v) is 12.7. The second-order valence-electron chi connectivity index (χ2n) is 5.27. The first-order valence-electron chi connectivity index (χ1n) is 6.86. The molecule has 6 heteroatoms. The van der Waals surface area contributed by atoms with Crippen molar-refractivity contribution in [2.75, 3.05) is 6.54 Å². The number of benzene rings is 1. The first-order valence-corrected chi connectivity index (χ1v) is 7.24. The minimum atomic E-state index is -0.974. The predicted molar refractivity (Wildman–Crippen MR) is 78.5 cm³/mol. The van der Waals surface area contributed by atoms with Crippen LogP contribution in [0.5, 0.6) is 5.75 Å². The molecule has 1 aromatic rings. The van der Waals surface area contributed by atoms with Gasteiger partial charge in [0.15, 0.2) is 6.10 Å². The zero-order chi connectivity index (χ0) is 15.6. The first kappa shape index (κ1) is 15.6. The number of carboxylic acid groups (broad SMARTS) is 1. The summed E-state index contributed by atoms with van der Waals surface area (Å²) in [5.41, 5.74) is 0. The molecule has 0 radical (unpaired) electrons. The Morgan fingerprint density at radius 2 is 2.10 bits per heavy atom. The molecule has 0 saturated carbocycles. The van der Waals surface area contributed by atoms with Gasteiger partial charge in [0.25, 0.3) is 5.91 Å². The molecule has 5 nitrogen and oxygen atoms in total. The van der Waals surface area contributed by atoms with Crippen molar-refractivity contribution >= 4 is 23.5 Å². The number of para-hydroxylation sites is 1. The summed E-state index contributed by atoms with van der Waals surface area (Å²) in [4.78, 5) is 25.1. The van der Waals surface area contributed by atoms with Crippen molar-refractivity contribution < 1.29 is 19.4 Å². The lowest BCUT2D eigenvalue weighted by Gasteiger charge is -2.26. The van der Waals surface area contributed by atoms with Crippen molar-refractivity contribution in [2.45, 2.75) is 32.4 Å². The molecular weight excluding hydrogens is 294 g/mol. The summed E-state index contributed by atoms with van der Waals surface area (Å²) in [6.45, 7) is 3.88. The third-order valence-corrected chi connectivity index (χ3v) is 4.04. The van der Waals surface area contributed by atoms with Crippen LogP contribution in [0.25, 0.3) is 0 Å². The third kappa shape index (κ3) is 3.29. The summed E-state index contributed by atoms with van der Waals surface area (Å²) in [5.74, 6) is -0.942. The lowest BCUT2D eigenvalue weighted by atomic mass is 10.0. The minimum absolute atomic E-state index is 0.0565. The number of ether oxygens (including phenoxy) is 1. The summed E-state index contributed by atoms with van der Waals surface area (Å²) in [5, 5.41) is 9.68. The number of hydrogen-bond donors (Lipinski definition) is 1. The Morgan fingerprint density at radius 1 is 1.43 bits per heavy atom. The number of carbonyl (C=O) groups excluding carboxylic acids is 1. The van der Waals surface area contributed by atoms with Crippen LogP contribution in [0.4, 0.5) is 0 Å². The van der Waals surface area contributed by atoms with Gasteiger partial charge in [-0.15, -0.1) is 0 Å². The molecule has 0 spiro atoms. The molecule has 1 fully saturated rings. The molecule has 1 N–H and O–H groups in total. The summed E-state index contributed by atoms with van der Waals surface area (Å²) in [6, 6.07) is 6.09. The van der Waals surface area contributed by atoms with E-state index < -0.39 is 18.1 Å². The van der Waals surface area contributed by atoms with Crippen molar-refractivity contribution in [1.29, 1.82) is 0 Å². The molecule has 1 saturated heterocycles. The van der Waals surface area contributed by atoms with Gasteiger partial charge in [0, 0.05) is 6.54 Å². The lowest BCUT2D eigenvalue weighted by molar-refractivity contribution is -0.152. The number of likely N-dealkylation sites (tertiary alicyclic amines) is 1. The Bertz CT molecular complexity index is 548. The number of nitrogens with zero attached hydrogens (tertiary/aromatic N) is 1. The molecule has 1 aliphatic rings. The molecular formula is C15H18ClNO4. The van der Waals surface area contributed by atoms with Gasteiger partial charge < -0.3 is 14.7 Å². The van der Waals surface area contributed by atoms with Crippen molar-refractivity contribution in [2.24, 2.45) is 5.92 Å². The maximum absolute atomic E-state index is 12.4. The summed E-state index contributed by atoms with van der Waals surface area (Å²) in [6.07, 6.45) is -0.0984. The van der Waals surface area contributed by atoms with Crippen molar-refractivity contribution in [3.05, 3.63) is 29.3 Å². The van der Waals surface area contributed by atoms with E-state index >= 15 is 0 Å². The third-order valence-electron chi connectivity index (χ3n) is 3.72. The number of hydrogen-bond acceptors (Lipinski definition) is 3. The Labute approximate surface area is 128 Å². The van der Waals surface area contributed by atoms with E-state index in [-0.39, 0.29) is 11.8 Å². The Kier molecular flexibility index (Phi) is 4.73. The van der Waals surface area contributed by atoms with Gasteiger partial charge in [-0.25, -0.2) is 4.79 Å². The van der Waals surface area contributed by atoms with Crippen molar-refractivity contribution in [3.8, 4) is 5.75 Å². The van der Waals surface area contributed by atoms with Crippen LogP contribution in [0.3, 0.4) is 0 Å². The fraction of sp³-hybridized carbons (Fsp3) is 0.467. The van der Waals surface area contributed by atoms with E-state index in [0.29, 0.717) is 23.7 Å². The van der Waals surface area contributed by atoms with Crippen LogP contribution in [0, 0.1) is 5.92 Å². The zero-order valence-electron chi connectivity index (χ0n) is 12.0. The Morgan fingerprint density at radius 3 is 2.71 bits per heavy atom. The van der Waals surface area contributed by atoms with Crippen LogP contribution in [0.2, 0.25) is 5.02 Å². The summed E-state index contributed by atoms with van der Waals surface area (Å²) < 4.78 is 5.57. The molecule has 1 aromatic carbocycles. The topological polar surface area (TPSA) is 66.8 Å². The Hall–Kier alpha value is -1.75. The van der Waals surface area contributed by atoms with Crippen LogP contribution in [0.1, 0.15) is 20.3 Å². The monoisotopic (exact) mass is 311 g/mol. The van der Waals surface area contributed by atoms with Gasteiger partial charge in [-0.2, -0.15) is 0 Å². The molecule has 3 atom stereocenters. The van der Waals surface area contributed by atoms with E-state index in [1.807, 2.05) is 6.92 Å². The average molecular weight is 312 g/mol. The van der Waals surface area contributed by atoms with Crippen LogP contribution in [0.15, 0.2) is 24.3 Å². The number of aliphatic carboxylic acids is 1. The molecule has 1 amide bonds. The van der Waals surface area contributed by atoms with Gasteiger partial charge in [0.2, 0.25) is 0 Å². The smallest absolute Gasteiger partial charge is 0.326 e. The average Bonchev–Trinajstić information content (AvgIpc) is 2.82. The molecule has 0 aromatic heterocycles. The van der Waals surface area contributed by atoms with Crippen LogP contribution in [-0.2, 0) is 9.59 Å². The van der Waals surface area contributed by atoms with E-state index in [9.17, 15) is 14.7 Å². The lowest BCUT2D eigenvalue weighted by Crippen LogP contribution is -2.47. The number of carbonyl (C=O) groups is 2. The highest BCUT2D eigenvalue weighted by Crippen LogP contribution is 2.27. The standard InChI is InChI=1S/C15H18ClNO4/c1-9-7-8-17(13(9)15(19)20)14(18)10(2)21-12-6-4-3-5-11(12)16/h3-6,9-10,13H,7-8H2,1-2H3,(H,19,20). The highest BCUT2D eigenvalue weighted by molar-refractivity contribution is 6.32. The van der Waals surface area contributed by atoms with Gasteiger partial charge in [-0.05, 0) is 31.4 Å². The van der Waals surface area contributed by atoms with Crippen LogP contribution < -0.4 is 4.74 Å². The quantitative estimate of drug-likeness (QED) is 0.927. The number of halogens is 1. The van der Waals surface area contributed by atoms with Gasteiger partial charge in [0.05, 0.1) is 5.02 Å². The number of amides is 1.